The van der Waals surface area contributed by atoms with Crippen molar-refractivity contribution in [2.45, 2.75) is 40.0 Å². The van der Waals surface area contributed by atoms with Crippen LogP contribution in [0.1, 0.15) is 47.1 Å². The molecule has 4 aromatic rings. The number of esters is 1. The van der Waals surface area contributed by atoms with Crippen molar-refractivity contribution < 1.29 is 9.53 Å². The minimum absolute atomic E-state index is 0.246. The Morgan fingerprint density at radius 2 is 1.76 bits per heavy atom. The van der Waals surface area contributed by atoms with Gasteiger partial charge < -0.3 is 9.72 Å². The van der Waals surface area contributed by atoms with Gasteiger partial charge in [0.2, 0.25) is 0 Å². The lowest BCUT2D eigenvalue weighted by Crippen LogP contribution is -2.12. The SMILES string of the molecule is COC(=O)c1ccc2c(=O)[nH]c(CSc3nnc(SCc4ccc(C(C)C)cc4)s3)nc2c1. The molecule has 0 unspecified atom stereocenters. The molecule has 170 valence electrons. The minimum atomic E-state index is -0.468. The molecule has 0 aliphatic rings. The molecule has 0 aliphatic carbocycles. The maximum absolute atomic E-state index is 12.4. The number of carbonyl (C=O) groups is 1. The summed E-state index contributed by atoms with van der Waals surface area (Å²) in [6.07, 6.45) is 0. The van der Waals surface area contributed by atoms with Gasteiger partial charge in [0.05, 0.1) is 29.3 Å². The van der Waals surface area contributed by atoms with Gasteiger partial charge in [-0.3, -0.25) is 4.79 Å². The second-order valence-electron chi connectivity index (χ2n) is 7.54. The van der Waals surface area contributed by atoms with Crippen LogP contribution < -0.4 is 5.56 Å². The van der Waals surface area contributed by atoms with Crippen molar-refractivity contribution in [1.29, 1.82) is 0 Å². The summed E-state index contributed by atoms with van der Waals surface area (Å²) in [4.78, 5) is 31.5. The van der Waals surface area contributed by atoms with Gasteiger partial charge in [0.1, 0.15) is 5.82 Å². The van der Waals surface area contributed by atoms with Gasteiger partial charge in [0.15, 0.2) is 8.68 Å². The fraction of sp³-hybridized carbons (Fsp3) is 0.261. The van der Waals surface area contributed by atoms with E-state index in [0.717, 1.165) is 14.4 Å². The Morgan fingerprint density at radius 1 is 1.06 bits per heavy atom. The van der Waals surface area contributed by atoms with Crippen molar-refractivity contribution in [2.24, 2.45) is 0 Å². The summed E-state index contributed by atoms with van der Waals surface area (Å²) >= 11 is 4.64. The number of H-pyrrole nitrogens is 1. The molecule has 1 N–H and O–H groups in total. The molecule has 0 saturated heterocycles. The number of thioether (sulfide) groups is 2. The molecule has 4 rings (SSSR count). The molecular weight excluding hydrogens is 476 g/mol. The highest BCUT2D eigenvalue weighted by molar-refractivity contribution is 8.02. The molecular formula is C23H22N4O3S3. The number of hydrogen-bond acceptors (Lipinski definition) is 9. The van der Waals surface area contributed by atoms with Gasteiger partial charge in [-0.2, -0.15) is 0 Å². The van der Waals surface area contributed by atoms with Gasteiger partial charge >= 0.3 is 5.97 Å². The quantitative estimate of drug-likeness (QED) is 0.259. The van der Waals surface area contributed by atoms with E-state index in [4.69, 9.17) is 4.74 Å². The van der Waals surface area contributed by atoms with Crippen LogP contribution in [-0.4, -0.2) is 33.2 Å². The van der Waals surface area contributed by atoms with Crippen molar-refractivity contribution >= 4 is 51.7 Å². The van der Waals surface area contributed by atoms with Crippen molar-refractivity contribution in [3.05, 3.63) is 75.3 Å². The Hall–Kier alpha value is -2.69. The molecule has 0 bridgehead atoms. The lowest BCUT2D eigenvalue weighted by atomic mass is 10.0. The highest BCUT2D eigenvalue weighted by Gasteiger charge is 2.12. The summed E-state index contributed by atoms with van der Waals surface area (Å²) in [5, 5.41) is 8.93. The van der Waals surface area contributed by atoms with E-state index in [9.17, 15) is 9.59 Å². The Morgan fingerprint density at radius 3 is 2.42 bits per heavy atom. The summed E-state index contributed by atoms with van der Waals surface area (Å²) in [5.74, 6) is 1.83. The fourth-order valence-electron chi connectivity index (χ4n) is 3.09. The number of nitrogens with one attached hydrogen (secondary N) is 1. The number of ether oxygens (including phenoxy) is 1. The Balaban J connectivity index is 1.39. The average Bonchev–Trinajstić information content (AvgIpc) is 3.28. The van der Waals surface area contributed by atoms with Crippen LogP contribution in [0.3, 0.4) is 0 Å². The van der Waals surface area contributed by atoms with E-state index in [1.807, 2.05) is 0 Å². The van der Waals surface area contributed by atoms with Crippen LogP contribution in [0.5, 0.6) is 0 Å². The van der Waals surface area contributed by atoms with Crippen molar-refractivity contribution in [3.63, 3.8) is 0 Å². The zero-order valence-corrected chi connectivity index (χ0v) is 20.8. The fourth-order valence-corrected chi connectivity index (χ4v) is 5.93. The number of rotatable bonds is 8. The molecule has 7 nitrogen and oxygen atoms in total. The van der Waals surface area contributed by atoms with E-state index in [-0.39, 0.29) is 5.56 Å². The number of aromatic amines is 1. The number of nitrogens with zero attached hydrogens (tertiary/aromatic N) is 3. The second-order valence-corrected chi connectivity index (χ2v) is 11.0. The largest absolute Gasteiger partial charge is 0.465 e. The molecule has 0 fully saturated rings. The van der Waals surface area contributed by atoms with Crippen LogP contribution >= 0.6 is 34.9 Å². The molecule has 2 aromatic carbocycles. The molecule has 2 aromatic heterocycles. The van der Waals surface area contributed by atoms with Crippen LogP contribution in [0.2, 0.25) is 0 Å². The number of benzene rings is 2. The number of carbonyl (C=O) groups excluding carboxylic acids is 1. The summed E-state index contributed by atoms with van der Waals surface area (Å²) in [5.41, 5.74) is 3.14. The average molecular weight is 499 g/mol. The Bertz CT molecular complexity index is 1330. The van der Waals surface area contributed by atoms with Gasteiger partial charge in [-0.25, -0.2) is 9.78 Å². The van der Waals surface area contributed by atoms with E-state index >= 15 is 0 Å². The molecule has 0 amide bonds. The second kappa shape index (κ2) is 10.5. The molecule has 33 heavy (non-hydrogen) atoms. The molecule has 0 spiro atoms. The number of aromatic nitrogens is 4. The zero-order valence-electron chi connectivity index (χ0n) is 18.3. The van der Waals surface area contributed by atoms with E-state index in [1.54, 1.807) is 30.0 Å². The lowest BCUT2D eigenvalue weighted by Gasteiger charge is -2.06. The molecule has 0 atom stereocenters. The first-order valence-corrected chi connectivity index (χ1v) is 13.0. The lowest BCUT2D eigenvalue weighted by molar-refractivity contribution is 0.0601. The highest BCUT2D eigenvalue weighted by Crippen LogP contribution is 2.32. The first-order chi connectivity index (χ1) is 15.9. The minimum Gasteiger partial charge on any atom is -0.465 e. The predicted molar refractivity (Wildman–Crippen MR) is 133 cm³/mol. The summed E-state index contributed by atoms with van der Waals surface area (Å²) in [6.45, 7) is 4.37. The molecule has 0 saturated carbocycles. The summed E-state index contributed by atoms with van der Waals surface area (Å²) < 4.78 is 6.44. The zero-order chi connectivity index (χ0) is 23.4. The van der Waals surface area contributed by atoms with Gasteiger partial charge in [0.25, 0.3) is 5.56 Å². The smallest absolute Gasteiger partial charge is 0.337 e. The normalized spacial score (nSPS) is 11.3. The maximum atomic E-state index is 12.4. The maximum Gasteiger partial charge on any atom is 0.337 e. The third-order valence-electron chi connectivity index (χ3n) is 4.91. The third-order valence-corrected chi connectivity index (χ3v) is 8.18. The molecule has 2 heterocycles. The van der Waals surface area contributed by atoms with E-state index < -0.39 is 5.97 Å². The van der Waals surface area contributed by atoms with Crippen molar-refractivity contribution in [1.82, 2.24) is 20.2 Å². The number of hydrogen-bond donors (Lipinski definition) is 1. The monoisotopic (exact) mass is 498 g/mol. The van der Waals surface area contributed by atoms with E-state index in [1.165, 1.54) is 41.3 Å². The van der Waals surface area contributed by atoms with Gasteiger partial charge in [0, 0.05) is 5.75 Å². The Labute approximate surface area is 203 Å². The van der Waals surface area contributed by atoms with Crippen molar-refractivity contribution in [3.8, 4) is 0 Å². The van der Waals surface area contributed by atoms with Crippen LogP contribution in [0.15, 0.2) is 55.9 Å². The van der Waals surface area contributed by atoms with Gasteiger partial charge in [-0.15, -0.1) is 10.2 Å². The topological polar surface area (TPSA) is 97.8 Å². The first kappa shape index (κ1) is 23.5. The first-order valence-electron chi connectivity index (χ1n) is 10.2. The van der Waals surface area contributed by atoms with Crippen LogP contribution in [-0.2, 0) is 16.2 Å². The van der Waals surface area contributed by atoms with Crippen LogP contribution in [0, 0.1) is 0 Å². The Kier molecular flexibility index (Phi) is 7.46. The van der Waals surface area contributed by atoms with Crippen LogP contribution in [0.4, 0.5) is 0 Å². The van der Waals surface area contributed by atoms with E-state index in [0.29, 0.717) is 34.0 Å². The van der Waals surface area contributed by atoms with Crippen LogP contribution in [0.25, 0.3) is 10.9 Å². The number of methoxy groups -OCH3 is 1. The number of fused-ring (bicyclic) bond motifs is 1. The summed E-state index contributed by atoms with van der Waals surface area (Å²) in [7, 11) is 1.32. The van der Waals surface area contributed by atoms with Gasteiger partial charge in [-0.05, 0) is 35.2 Å². The third kappa shape index (κ3) is 5.82. The van der Waals surface area contributed by atoms with Gasteiger partial charge in [-0.1, -0.05) is 73.0 Å². The van der Waals surface area contributed by atoms with E-state index in [2.05, 4.69) is 58.3 Å². The molecule has 0 aliphatic heterocycles. The standard InChI is InChI=1S/C23H22N4O3S3/c1-13(2)15-6-4-14(5-7-15)11-31-22-26-27-23(33-22)32-12-19-24-18-10-16(21(29)30-3)8-9-17(18)20(28)25-19/h4-10,13H,11-12H2,1-3H3,(H,24,25,28). The predicted octanol–water partition coefficient (Wildman–Crippen LogP) is 5.27. The van der Waals surface area contributed by atoms with Crippen molar-refractivity contribution in [2.75, 3.05) is 7.11 Å². The molecule has 10 heteroatoms. The highest BCUT2D eigenvalue weighted by atomic mass is 32.2. The summed E-state index contributed by atoms with van der Waals surface area (Å²) in [6, 6.07) is 13.4. The molecule has 0 radical (unpaired) electrons.